The molecule has 45 heavy (non-hydrogen) atoms. The molecule has 3 nitrogen and oxygen atoms in total. The van der Waals surface area contributed by atoms with E-state index in [9.17, 15) is 13.2 Å². The van der Waals surface area contributed by atoms with Crippen LogP contribution in [0.3, 0.4) is 0 Å². The summed E-state index contributed by atoms with van der Waals surface area (Å²) in [5.41, 5.74) is 6.12. The first-order valence-electron chi connectivity index (χ1n) is 14.5. The molecule has 9 heteroatoms. The van der Waals surface area contributed by atoms with Crippen LogP contribution in [-0.2, 0) is 11.3 Å². The maximum atomic E-state index is 13.4. The zero-order valence-electron chi connectivity index (χ0n) is 27.9. The minimum Gasteiger partial charge on any atom is -0.493 e. The fraction of sp³-hybridized carbons (Fsp3) is 0.389. The van der Waals surface area contributed by atoms with E-state index in [1.165, 1.54) is 19.1 Å². The SMILES string of the molecule is C=C(C)c1cc(OCC)c(C(=C)C)c(OCCN(C)C)c1.Cc1ccc(Cl)c(C(C)(F)F)c1.Cc1ccc(Cl)c(C(C)(F)P)c1. The second kappa shape index (κ2) is 18.0. The van der Waals surface area contributed by atoms with Crippen molar-refractivity contribution in [2.75, 3.05) is 33.9 Å². The highest BCUT2D eigenvalue weighted by Gasteiger charge is 2.27. The third kappa shape index (κ3) is 13.8. The topological polar surface area (TPSA) is 21.7 Å². The van der Waals surface area contributed by atoms with Crippen molar-refractivity contribution >= 4 is 43.6 Å². The molecule has 0 radical (unpaired) electrons. The van der Waals surface area contributed by atoms with Crippen LogP contribution in [0.1, 0.15) is 68.0 Å². The molecule has 0 aliphatic rings. The second-order valence-corrected chi connectivity index (χ2v) is 13.3. The molecule has 0 spiro atoms. The predicted octanol–water partition coefficient (Wildman–Crippen LogP) is 11.5. The van der Waals surface area contributed by atoms with Crippen molar-refractivity contribution in [3.05, 3.63) is 105 Å². The van der Waals surface area contributed by atoms with Crippen molar-refractivity contribution in [2.45, 2.75) is 59.8 Å². The summed E-state index contributed by atoms with van der Waals surface area (Å²) in [4.78, 5) is 2.09. The van der Waals surface area contributed by atoms with E-state index in [4.69, 9.17) is 32.7 Å². The molecular formula is C36H47Cl2F3NO2P. The minimum absolute atomic E-state index is 0.107. The van der Waals surface area contributed by atoms with Crippen LogP contribution in [0.5, 0.6) is 11.5 Å². The summed E-state index contributed by atoms with van der Waals surface area (Å²) in [6.07, 6.45) is 0. The number of aryl methyl sites for hydroxylation is 2. The summed E-state index contributed by atoms with van der Waals surface area (Å²) < 4.78 is 50.8. The van der Waals surface area contributed by atoms with E-state index in [0.29, 0.717) is 23.8 Å². The van der Waals surface area contributed by atoms with E-state index in [1.807, 2.05) is 60.0 Å². The largest absolute Gasteiger partial charge is 0.493 e. The van der Waals surface area contributed by atoms with E-state index in [1.54, 1.807) is 25.1 Å². The van der Waals surface area contributed by atoms with Gasteiger partial charge in [0.25, 0.3) is 5.92 Å². The minimum atomic E-state index is -2.86. The third-order valence-electron chi connectivity index (χ3n) is 6.32. The van der Waals surface area contributed by atoms with Gasteiger partial charge in [-0.3, -0.25) is 0 Å². The number of benzene rings is 3. The second-order valence-electron chi connectivity index (χ2n) is 11.4. The molecule has 0 aliphatic heterocycles. The monoisotopic (exact) mass is 683 g/mol. The van der Waals surface area contributed by atoms with Crippen molar-refractivity contribution in [3.63, 3.8) is 0 Å². The number of nitrogens with zero attached hydrogens (tertiary/aromatic N) is 1. The molecule has 0 fully saturated rings. The van der Waals surface area contributed by atoms with Gasteiger partial charge in [-0.05, 0) is 97.1 Å². The van der Waals surface area contributed by atoms with Gasteiger partial charge in [0.05, 0.1) is 12.2 Å². The standard InChI is InChI=1S/C18H27NO2.C9H9ClF2.C9H11ClFP/c1-8-20-16-11-15(13(2)3)12-17(18(16)14(4)5)21-10-9-19(6)7;2*1-6-3-4-8(10)7(5-6)9(2,11)12/h11-12H,2,4,8-10H2,1,3,5-7H3;3-5H,1-2H3;3-5H,12H2,1-2H3. The Labute approximate surface area is 280 Å². The normalized spacial score (nSPS) is 12.3. The maximum Gasteiger partial charge on any atom is 0.271 e. The van der Waals surface area contributed by atoms with Gasteiger partial charge in [-0.15, -0.1) is 0 Å². The molecule has 0 N–H and O–H groups in total. The number of rotatable bonds is 10. The first kappa shape index (κ1) is 40.5. The van der Waals surface area contributed by atoms with Crippen LogP contribution in [-0.4, -0.2) is 38.8 Å². The fourth-order valence-electron chi connectivity index (χ4n) is 3.97. The molecule has 0 aromatic heterocycles. The van der Waals surface area contributed by atoms with Gasteiger partial charge >= 0.3 is 0 Å². The number of hydrogen-bond acceptors (Lipinski definition) is 3. The average molecular weight is 685 g/mol. The zero-order valence-corrected chi connectivity index (χ0v) is 30.6. The number of alkyl halides is 3. The third-order valence-corrected chi connectivity index (χ3v) is 7.29. The van der Waals surface area contributed by atoms with Gasteiger partial charge in [0.2, 0.25) is 0 Å². The Morgan fingerprint density at radius 1 is 0.822 bits per heavy atom. The highest BCUT2D eigenvalue weighted by Crippen LogP contribution is 2.38. The number of allylic oxidation sites excluding steroid dienone is 2. The molecule has 0 saturated heterocycles. The summed E-state index contributed by atoms with van der Waals surface area (Å²) >= 11 is 11.4. The Hall–Kier alpha value is -2.50. The average Bonchev–Trinajstić information content (AvgIpc) is 2.90. The van der Waals surface area contributed by atoms with Gasteiger partial charge in [0, 0.05) is 34.6 Å². The van der Waals surface area contributed by atoms with Crippen molar-refractivity contribution in [1.82, 2.24) is 4.90 Å². The lowest BCUT2D eigenvalue weighted by Crippen LogP contribution is -2.19. The molecule has 2 atom stereocenters. The predicted molar refractivity (Wildman–Crippen MR) is 191 cm³/mol. The van der Waals surface area contributed by atoms with E-state index in [0.717, 1.165) is 58.4 Å². The molecule has 0 bridgehead atoms. The van der Waals surface area contributed by atoms with Gasteiger partial charge < -0.3 is 14.4 Å². The molecule has 0 heterocycles. The van der Waals surface area contributed by atoms with Gasteiger partial charge in [0.15, 0.2) is 0 Å². The van der Waals surface area contributed by atoms with Crippen LogP contribution >= 0.6 is 32.4 Å². The van der Waals surface area contributed by atoms with E-state index >= 15 is 0 Å². The number of hydrogen-bond donors (Lipinski definition) is 0. The van der Waals surface area contributed by atoms with Crippen molar-refractivity contribution in [1.29, 1.82) is 0 Å². The Morgan fingerprint density at radius 2 is 1.29 bits per heavy atom. The van der Waals surface area contributed by atoms with Crippen LogP contribution in [0.25, 0.3) is 11.1 Å². The number of ether oxygens (including phenoxy) is 2. The van der Waals surface area contributed by atoms with E-state index in [2.05, 4.69) is 27.3 Å². The van der Waals surface area contributed by atoms with Crippen LogP contribution in [0.2, 0.25) is 10.0 Å². The summed E-state index contributed by atoms with van der Waals surface area (Å²) in [7, 11) is 6.19. The van der Waals surface area contributed by atoms with Gasteiger partial charge in [-0.1, -0.05) is 80.5 Å². The smallest absolute Gasteiger partial charge is 0.271 e. The van der Waals surface area contributed by atoms with Crippen molar-refractivity contribution < 1.29 is 22.6 Å². The van der Waals surface area contributed by atoms with Gasteiger partial charge in [-0.25, -0.2) is 13.2 Å². The molecule has 3 rings (SSSR count). The molecule has 248 valence electrons. The molecule has 2 unspecified atom stereocenters. The first-order valence-corrected chi connectivity index (χ1v) is 15.8. The highest BCUT2D eigenvalue weighted by molar-refractivity contribution is 7.18. The van der Waals surface area contributed by atoms with Gasteiger partial charge in [-0.2, -0.15) is 0 Å². The Bertz CT molecular complexity index is 1390. The van der Waals surface area contributed by atoms with Crippen LogP contribution in [0.15, 0.2) is 61.7 Å². The quantitative estimate of drug-likeness (QED) is 0.199. The fourth-order valence-corrected chi connectivity index (χ4v) is 4.88. The molecule has 0 saturated carbocycles. The van der Waals surface area contributed by atoms with E-state index < -0.39 is 11.3 Å². The Morgan fingerprint density at radius 3 is 1.64 bits per heavy atom. The van der Waals surface area contributed by atoms with Crippen LogP contribution < -0.4 is 9.47 Å². The van der Waals surface area contributed by atoms with Crippen molar-refractivity contribution in [2.24, 2.45) is 0 Å². The number of likely N-dealkylation sites (N-methyl/N-ethyl adjacent to an activating group) is 1. The lowest BCUT2D eigenvalue weighted by molar-refractivity contribution is 0.0175. The molecular weight excluding hydrogens is 637 g/mol. The lowest BCUT2D eigenvalue weighted by Gasteiger charge is -2.19. The lowest BCUT2D eigenvalue weighted by atomic mass is 10.0. The first-order chi connectivity index (χ1) is 20.7. The van der Waals surface area contributed by atoms with E-state index in [-0.39, 0.29) is 10.6 Å². The van der Waals surface area contributed by atoms with Crippen LogP contribution in [0, 0.1) is 13.8 Å². The maximum absolute atomic E-state index is 13.4. The molecule has 3 aromatic rings. The van der Waals surface area contributed by atoms with Crippen LogP contribution in [0.4, 0.5) is 13.2 Å². The zero-order chi connectivity index (χ0) is 34.7. The Balaban J connectivity index is 0.000000361. The highest BCUT2D eigenvalue weighted by atomic mass is 35.5. The summed E-state index contributed by atoms with van der Waals surface area (Å²) in [5.74, 6) is -1.23. The Kier molecular flexibility index (Phi) is 16.2. The number of halogens is 5. The molecule has 3 aromatic carbocycles. The molecule has 0 amide bonds. The summed E-state index contributed by atoms with van der Waals surface area (Å²) in [5, 5.41) is -0.850. The summed E-state index contributed by atoms with van der Waals surface area (Å²) in [6.45, 7) is 22.1. The van der Waals surface area contributed by atoms with Gasteiger partial charge in [0.1, 0.15) is 23.5 Å². The summed E-state index contributed by atoms with van der Waals surface area (Å²) in [6, 6.07) is 14.0. The molecule has 0 aliphatic carbocycles. The van der Waals surface area contributed by atoms with Crippen molar-refractivity contribution in [3.8, 4) is 11.5 Å².